The molecule has 0 fully saturated rings. The molecular weight excluding hydrogens is 542 g/mol. The van der Waals surface area contributed by atoms with Crippen LogP contribution >= 0.6 is 0 Å². The van der Waals surface area contributed by atoms with E-state index in [2.05, 4.69) is 25.9 Å². The molecule has 0 bridgehead atoms. The molecule has 0 spiro atoms. The van der Waals surface area contributed by atoms with Crippen LogP contribution in [0.2, 0.25) is 0 Å². The van der Waals surface area contributed by atoms with Crippen LogP contribution in [0, 0.1) is 13.8 Å². The molecule has 6 rings (SSSR count). The maximum Gasteiger partial charge on any atom is 0.291 e. The Labute approximate surface area is 250 Å². The number of carbonyl (C=O) groups is 3. The molecule has 2 aromatic carbocycles. The van der Waals surface area contributed by atoms with Gasteiger partial charge in [-0.25, -0.2) is 9.97 Å². The Balaban J connectivity index is 1.23. The molecule has 3 amide bonds. The molecule has 0 aliphatic carbocycles. The van der Waals surface area contributed by atoms with Crippen molar-refractivity contribution in [3.05, 3.63) is 93.8 Å². The first-order valence-corrected chi connectivity index (χ1v) is 14.5. The third kappa shape index (κ3) is 5.41. The van der Waals surface area contributed by atoms with Crippen molar-refractivity contribution in [2.75, 3.05) is 23.7 Å². The van der Waals surface area contributed by atoms with Crippen LogP contribution in [0.25, 0.3) is 11.1 Å². The van der Waals surface area contributed by atoms with Crippen molar-refractivity contribution in [2.24, 2.45) is 7.05 Å². The lowest BCUT2D eigenvalue weighted by Gasteiger charge is -2.25. The minimum Gasteiger partial charge on any atom is -0.337 e. The van der Waals surface area contributed by atoms with Crippen molar-refractivity contribution in [1.29, 1.82) is 0 Å². The number of fused-ring (bicyclic) bond motifs is 2. The summed E-state index contributed by atoms with van der Waals surface area (Å²) in [4.78, 5) is 49.4. The van der Waals surface area contributed by atoms with Crippen molar-refractivity contribution in [3.63, 3.8) is 0 Å². The van der Waals surface area contributed by atoms with Crippen molar-refractivity contribution in [2.45, 2.75) is 46.7 Å². The van der Waals surface area contributed by atoms with E-state index in [1.165, 1.54) is 0 Å². The Morgan fingerprint density at radius 1 is 0.837 bits per heavy atom. The Hall–Kier alpha value is -4.83. The number of aromatic nitrogens is 3. The highest BCUT2D eigenvalue weighted by Gasteiger charge is 2.27. The number of amides is 3. The van der Waals surface area contributed by atoms with Crippen LogP contribution in [-0.2, 0) is 37.8 Å². The molecule has 43 heavy (non-hydrogen) atoms. The van der Waals surface area contributed by atoms with Crippen LogP contribution in [-0.4, -0.2) is 50.2 Å². The number of imidazole rings is 1. The lowest BCUT2D eigenvalue weighted by Crippen LogP contribution is -2.34. The molecule has 0 radical (unpaired) electrons. The third-order valence-electron chi connectivity index (χ3n) is 8.51. The minimum atomic E-state index is -0.308. The van der Waals surface area contributed by atoms with Gasteiger partial charge in [-0.3, -0.25) is 14.4 Å². The fraction of sp³-hybridized carbons (Fsp3) is 0.303. The minimum absolute atomic E-state index is 0.00158. The Morgan fingerprint density at radius 3 is 2.19 bits per heavy atom. The summed E-state index contributed by atoms with van der Waals surface area (Å²) in [7, 11) is 1.84. The average molecular weight is 578 g/mol. The van der Waals surface area contributed by atoms with E-state index in [1.54, 1.807) is 17.9 Å². The number of benzene rings is 2. The molecule has 2 aliphatic heterocycles. The van der Waals surface area contributed by atoms with Crippen molar-refractivity contribution < 1.29 is 14.4 Å². The van der Waals surface area contributed by atoms with Gasteiger partial charge in [0.25, 0.3) is 11.8 Å². The Bertz CT molecular complexity index is 1770. The summed E-state index contributed by atoms with van der Waals surface area (Å²) in [6.07, 6.45) is 1.46. The van der Waals surface area contributed by atoms with Gasteiger partial charge in [-0.05, 0) is 59.9 Å². The van der Waals surface area contributed by atoms with Gasteiger partial charge < -0.3 is 25.4 Å². The van der Waals surface area contributed by atoms with Crippen LogP contribution in [0.3, 0.4) is 0 Å². The topological polar surface area (TPSA) is 121 Å². The summed E-state index contributed by atoms with van der Waals surface area (Å²) < 4.78 is 1.83. The highest BCUT2D eigenvalue weighted by molar-refractivity contribution is 6.04. The maximum atomic E-state index is 13.4. The predicted octanol–water partition coefficient (Wildman–Crippen LogP) is 4.15. The van der Waals surface area contributed by atoms with Crippen LogP contribution in [0.5, 0.6) is 0 Å². The smallest absolute Gasteiger partial charge is 0.291 e. The van der Waals surface area contributed by atoms with Crippen LogP contribution in [0.15, 0.2) is 48.5 Å². The first kappa shape index (κ1) is 28.3. The molecule has 2 aromatic heterocycles. The molecule has 0 saturated carbocycles. The second-order valence-corrected chi connectivity index (χ2v) is 11.2. The zero-order valence-electron chi connectivity index (χ0n) is 24.9. The average Bonchev–Trinajstić information content (AvgIpc) is 3.34. The molecule has 0 saturated heterocycles. The Morgan fingerprint density at radius 2 is 1.51 bits per heavy atom. The quantitative estimate of drug-likeness (QED) is 0.328. The van der Waals surface area contributed by atoms with Gasteiger partial charge in [0.1, 0.15) is 5.69 Å². The largest absolute Gasteiger partial charge is 0.337 e. The molecule has 10 heteroatoms. The SMILES string of the molecule is CC(=O)N1CCc2c(nc(C(=O)Nc3cccc(-c4cccc(NC(=O)c5ccc6c(n5)CCNC6)c4C)c3C)n2C)C1. The van der Waals surface area contributed by atoms with Gasteiger partial charge >= 0.3 is 0 Å². The summed E-state index contributed by atoms with van der Waals surface area (Å²) in [5, 5.41) is 9.42. The first-order valence-electron chi connectivity index (χ1n) is 14.5. The number of hydrogen-bond acceptors (Lipinski definition) is 6. The van der Waals surface area contributed by atoms with Gasteiger partial charge in [-0.2, -0.15) is 0 Å². The lowest BCUT2D eigenvalue weighted by molar-refractivity contribution is -0.129. The number of rotatable bonds is 5. The van der Waals surface area contributed by atoms with Crippen LogP contribution < -0.4 is 16.0 Å². The van der Waals surface area contributed by atoms with E-state index >= 15 is 0 Å². The van der Waals surface area contributed by atoms with E-state index in [-0.39, 0.29) is 17.7 Å². The summed E-state index contributed by atoms with van der Waals surface area (Å²) in [5.74, 6) is -0.240. The molecule has 4 heterocycles. The standard InChI is InChI=1S/C33H35N7O3/c1-19-23(7-5-9-25(19)37-32(42)28-12-11-22-17-34-15-13-27(22)35-28)24-8-6-10-26(20(24)2)38-33(43)31-36-29-18-40(21(3)41)16-14-30(29)39(31)4/h5-12,34H,13-18H2,1-4H3,(H,37,42)(H,38,43). The van der Waals surface area contributed by atoms with Gasteiger partial charge in [0.15, 0.2) is 5.82 Å². The molecular formula is C33H35N7O3. The predicted molar refractivity (Wildman–Crippen MR) is 165 cm³/mol. The molecule has 3 N–H and O–H groups in total. The molecule has 0 unspecified atom stereocenters. The number of pyridine rings is 1. The number of nitrogens with zero attached hydrogens (tertiary/aromatic N) is 4. The summed E-state index contributed by atoms with van der Waals surface area (Å²) in [5.41, 5.74) is 9.32. The van der Waals surface area contributed by atoms with E-state index in [0.29, 0.717) is 42.4 Å². The first-order chi connectivity index (χ1) is 20.7. The van der Waals surface area contributed by atoms with E-state index in [4.69, 9.17) is 0 Å². The monoisotopic (exact) mass is 577 g/mol. The van der Waals surface area contributed by atoms with E-state index in [1.807, 2.05) is 67.9 Å². The van der Waals surface area contributed by atoms with Gasteiger partial charge in [-0.15, -0.1) is 0 Å². The van der Waals surface area contributed by atoms with Crippen molar-refractivity contribution in [1.82, 2.24) is 24.8 Å². The number of carbonyl (C=O) groups excluding carboxylic acids is 3. The normalized spacial score (nSPS) is 14.1. The van der Waals surface area contributed by atoms with E-state index < -0.39 is 0 Å². The van der Waals surface area contributed by atoms with Crippen LogP contribution in [0.1, 0.15) is 61.8 Å². The second-order valence-electron chi connectivity index (χ2n) is 11.2. The highest BCUT2D eigenvalue weighted by Crippen LogP contribution is 2.34. The van der Waals surface area contributed by atoms with Gasteiger partial charge in [-0.1, -0.05) is 30.3 Å². The van der Waals surface area contributed by atoms with Gasteiger partial charge in [0.05, 0.1) is 12.2 Å². The zero-order chi connectivity index (χ0) is 30.2. The van der Waals surface area contributed by atoms with Crippen LogP contribution in [0.4, 0.5) is 11.4 Å². The molecule has 4 aromatic rings. The van der Waals surface area contributed by atoms with E-state index in [9.17, 15) is 14.4 Å². The molecule has 10 nitrogen and oxygen atoms in total. The fourth-order valence-electron chi connectivity index (χ4n) is 5.95. The highest BCUT2D eigenvalue weighted by atomic mass is 16.2. The molecule has 220 valence electrons. The molecule has 0 atom stereocenters. The molecule has 2 aliphatic rings. The van der Waals surface area contributed by atoms with Crippen molar-refractivity contribution >= 4 is 29.1 Å². The zero-order valence-corrected chi connectivity index (χ0v) is 24.9. The van der Waals surface area contributed by atoms with E-state index in [0.717, 1.165) is 64.4 Å². The lowest BCUT2D eigenvalue weighted by atomic mass is 9.94. The van der Waals surface area contributed by atoms with Gasteiger partial charge in [0.2, 0.25) is 5.91 Å². The van der Waals surface area contributed by atoms with Crippen molar-refractivity contribution in [3.8, 4) is 11.1 Å². The maximum absolute atomic E-state index is 13.4. The summed E-state index contributed by atoms with van der Waals surface area (Å²) in [6.45, 7) is 8.15. The van der Waals surface area contributed by atoms with Gasteiger partial charge in [0, 0.05) is 69.2 Å². The number of nitrogens with one attached hydrogen (secondary N) is 3. The number of hydrogen-bond donors (Lipinski definition) is 3. The Kier molecular flexibility index (Phi) is 7.53. The second kappa shape index (κ2) is 11.4. The fourth-order valence-corrected chi connectivity index (χ4v) is 5.95. The summed E-state index contributed by atoms with van der Waals surface area (Å²) in [6, 6.07) is 15.3. The summed E-state index contributed by atoms with van der Waals surface area (Å²) >= 11 is 0. The third-order valence-corrected chi connectivity index (χ3v) is 8.51. The number of anilines is 2.